The number of nitrogens with two attached hydrogens (primary N) is 1. The molecule has 0 bridgehead atoms. The Morgan fingerprint density at radius 1 is 1.42 bits per heavy atom. The zero-order valence-electron chi connectivity index (χ0n) is 12.9. The molecule has 24 heavy (non-hydrogen) atoms. The van der Waals surface area contributed by atoms with Gasteiger partial charge in [-0.1, -0.05) is 23.2 Å². The number of aromatic nitrogens is 1. The Labute approximate surface area is 147 Å². The zero-order chi connectivity index (χ0) is 17.3. The van der Waals surface area contributed by atoms with Crippen molar-refractivity contribution in [2.75, 3.05) is 5.32 Å². The molecule has 0 unspecified atom stereocenters. The van der Waals surface area contributed by atoms with Gasteiger partial charge in [0.05, 0.1) is 18.5 Å². The van der Waals surface area contributed by atoms with Crippen molar-refractivity contribution in [1.82, 2.24) is 4.98 Å². The fraction of sp³-hybridized carbons (Fsp3) is 0.312. The van der Waals surface area contributed by atoms with Crippen molar-refractivity contribution in [3.05, 3.63) is 46.2 Å². The van der Waals surface area contributed by atoms with Crippen molar-refractivity contribution in [3.8, 4) is 0 Å². The molecule has 3 aromatic rings. The lowest BCUT2D eigenvalue weighted by Gasteiger charge is -2.10. The predicted molar refractivity (Wildman–Crippen MR) is 92.3 cm³/mol. The molecule has 0 amide bonds. The summed E-state index contributed by atoms with van der Waals surface area (Å²) in [7, 11) is 0. The maximum atomic E-state index is 13.3. The second-order valence-electron chi connectivity index (χ2n) is 5.49. The van der Waals surface area contributed by atoms with Crippen LogP contribution in [0.15, 0.2) is 33.3 Å². The van der Waals surface area contributed by atoms with Gasteiger partial charge < -0.3 is 19.9 Å². The van der Waals surface area contributed by atoms with Gasteiger partial charge in [0.25, 0.3) is 0 Å². The number of hydrogen-bond acceptors (Lipinski definition) is 5. The van der Waals surface area contributed by atoms with Crippen LogP contribution in [0, 0.1) is 0 Å². The van der Waals surface area contributed by atoms with Gasteiger partial charge in [-0.15, -0.1) is 0 Å². The van der Waals surface area contributed by atoms with E-state index in [2.05, 4.69) is 10.3 Å². The number of nitrogens with zero attached hydrogens (tertiary/aromatic N) is 1. The number of pyridine rings is 1. The second kappa shape index (κ2) is 7.01. The molecule has 0 aliphatic rings. The molecule has 2 atom stereocenters. The number of hydrogen-bond donors (Lipinski definition) is 2. The lowest BCUT2D eigenvalue weighted by atomic mass is 10.1. The van der Waals surface area contributed by atoms with Crippen LogP contribution < -0.4 is 11.1 Å². The van der Waals surface area contributed by atoms with E-state index >= 15 is 0 Å². The highest BCUT2D eigenvalue weighted by atomic mass is 35.5. The molecule has 5 nitrogen and oxygen atoms in total. The van der Waals surface area contributed by atoms with Crippen LogP contribution in [0.1, 0.15) is 18.4 Å². The highest BCUT2D eigenvalue weighted by molar-refractivity contribution is 6.36. The molecule has 8 heteroatoms. The van der Waals surface area contributed by atoms with Gasteiger partial charge in [-0.25, -0.2) is 9.37 Å². The summed E-state index contributed by atoms with van der Waals surface area (Å²) in [5.74, 6) is 1.14. The lowest BCUT2D eigenvalue weighted by Crippen LogP contribution is -2.31. The van der Waals surface area contributed by atoms with Crippen LogP contribution >= 0.6 is 23.2 Å². The van der Waals surface area contributed by atoms with Crippen molar-refractivity contribution < 1.29 is 13.2 Å². The minimum Gasteiger partial charge on any atom is -0.467 e. The van der Waals surface area contributed by atoms with Gasteiger partial charge in [0.2, 0.25) is 0 Å². The summed E-state index contributed by atoms with van der Waals surface area (Å²) in [6, 6.07) is 4.56. The molecule has 0 fully saturated rings. The van der Waals surface area contributed by atoms with E-state index in [-0.39, 0.29) is 11.6 Å². The first kappa shape index (κ1) is 17.1. The molecule has 0 radical (unpaired) electrons. The van der Waals surface area contributed by atoms with E-state index in [1.54, 1.807) is 18.4 Å². The van der Waals surface area contributed by atoms with Gasteiger partial charge >= 0.3 is 0 Å². The number of nitrogens with one attached hydrogen (secondary N) is 1. The SMILES string of the molecule is C[C@H](F)[C@H](N)Cc1oc2c(NCc3ccco3)cc(Cl)nc2c1Cl. The van der Waals surface area contributed by atoms with Crippen molar-refractivity contribution in [2.45, 2.75) is 32.1 Å². The van der Waals surface area contributed by atoms with Crippen LogP contribution in [0.4, 0.5) is 10.1 Å². The van der Waals surface area contributed by atoms with Crippen LogP contribution in [0.3, 0.4) is 0 Å². The van der Waals surface area contributed by atoms with Crippen LogP contribution in [0.25, 0.3) is 11.1 Å². The largest absolute Gasteiger partial charge is 0.467 e. The van der Waals surface area contributed by atoms with E-state index in [9.17, 15) is 4.39 Å². The molecular formula is C16H16Cl2FN3O2. The monoisotopic (exact) mass is 371 g/mol. The summed E-state index contributed by atoms with van der Waals surface area (Å²) in [6.45, 7) is 1.84. The molecule has 0 spiro atoms. The molecule has 128 valence electrons. The Morgan fingerprint density at radius 2 is 2.21 bits per heavy atom. The van der Waals surface area contributed by atoms with Crippen molar-refractivity contribution in [3.63, 3.8) is 0 Å². The summed E-state index contributed by atoms with van der Waals surface area (Å²) >= 11 is 12.4. The van der Waals surface area contributed by atoms with Crippen molar-refractivity contribution >= 4 is 40.0 Å². The first-order chi connectivity index (χ1) is 11.5. The van der Waals surface area contributed by atoms with E-state index in [1.165, 1.54) is 6.92 Å². The second-order valence-corrected chi connectivity index (χ2v) is 6.25. The van der Waals surface area contributed by atoms with E-state index < -0.39 is 12.2 Å². The minimum atomic E-state index is -1.18. The number of anilines is 1. The third-order valence-corrected chi connectivity index (χ3v) is 4.25. The summed E-state index contributed by atoms with van der Waals surface area (Å²) in [4.78, 5) is 4.20. The van der Waals surface area contributed by atoms with Gasteiger partial charge in [-0.2, -0.15) is 0 Å². The van der Waals surface area contributed by atoms with E-state index in [0.29, 0.717) is 34.1 Å². The fourth-order valence-corrected chi connectivity index (χ4v) is 2.73. The van der Waals surface area contributed by atoms with Crippen LogP contribution in [0.5, 0.6) is 0 Å². The number of halogens is 3. The van der Waals surface area contributed by atoms with Gasteiger partial charge in [-0.05, 0) is 19.1 Å². The van der Waals surface area contributed by atoms with Crippen LogP contribution in [0.2, 0.25) is 10.2 Å². The zero-order valence-corrected chi connectivity index (χ0v) is 14.4. The average molecular weight is 372 g/mol. The van der Waals surface area contributed by atoms with Crippen molar-refractivity contribution in [1.29, 1.82) is 0 Å². The lowest BCUT2D eigenvalue weighted by molar-refractivity contribution is 0.296. The van der Waals surface area contributed by atoms with E-state index in [4.69, 9.17) is 37.8 Å². The molecule has 0 aliphatic heterocycles. The van der Waals surface area contributed by atoms with Crippen LogP contribution in [-0.2, 0) is 13.0 Å². The van der Waals surface area contributed by atoms with Crippen LogP contribution in [-0.4, -0.2) is 17.2 Å². The molecule has 3 rings (SSSR count). The van der Waals surface area contributed by atoms with Gasteiger partial charge in [-0.3, -0.25) is 0 Å². The number of furan rings is 2. The third-order valence-electron chi connectivity index (χ3n) is 3.66. The topological polar surface area (TPSA) is 77.2 Å². The Kier molecular flexibility index (Phi) is 4.99. The Hall–Kier alpha value is -1.76. The Balaban J connectivity index is 1.94. The Morgan fingerprint density at radius 3 is 2.88 bits per heavy atom. The van der Waals surface area contributed by atoms with Gasteiger partial charge in [0, 0.05) is 18.5 Å². The molecule has 0 saturated heterocycles. The third kappa shape index (κ3) is 3.50. The molecule has 0 aliphatic carbocycles. The average Bonchev–Trinajstić information content (AvgIpc) is 3.15. The number of fused-ring (bicyclic) bond motifs is 1. The summed E-state index contributed by atoms with van der Waals surface area (Å²) in [5.41, 5.74) is 7.25. The highest BCUT2D eigenvalue weighted by Crippen LogP contribution is 2.36. The smallest absolute Gasteiger partial charge is 0.177 e. The molecular weight excluding hydrogens is 356 g/mol. The van der Waals surface area contributed by atoms with Gasteiger partial charge in [0.1, 0.15) is 33.4 Å². The highest BCUT2D eigenvalue weighted by Gasteiger charge is 2.22. The summed E-state index contributed by atoms with van der Waals surface area (Å²) in [6.07, 6.45) is 0.581. The Bertz CT molecular complexity index is 834. The van der Waals surface area contributed by atoms with E-state index in [1.807, 2.05) is 6.07 Å². The maximum Gasteiger partial charge on any atom is 0.177 e. The molecule has 3 N–H and O–H groups in total. The molecule has 0 saturated carbocycles. The molecule has 3 heterocycles. The minimum absolute atomic E-state index is 0.169. The summed E-state index contributed by atoms with van der Waals surface area (Å²) < 4.78 is 24.4. The number of rotatable bonds is 6. The first-order valence-corrected chi connectivity index (χ1v) is 8.14. The van der Waals surface area contributed by atoms with Crippen molar-refractivity contribution in [2.24, 2.45) is 5.73 Å². The molecule has 3 aromatic heterocycles. The summed E-state index contributed by atoms with van der Waals surface area (Å²) in [5, 5.41) is 3.73. The van der Waals surface area contributed by atoms with E-state index in [0.717, 1.165) is 5.76 Å². The first-order valence-electron chi connectivity index (χ1n) is 7.39. The fourth-order valence-electron chi connectivity index (χ4n) is 2.29. The number of alkyl halides is 1. The maximum absolute atomic E-state index is 13.3. The quantitative estimate of drug-likeness (QED) is 0.620. The molecule has 0 aromatic carbocycles. The standard InChI is InChI=1S/C16H16Cl2FN3O2/c1-8(19)10(20)5-12-14(18)15-16(24-12)11(6-13(17)22-15)21-7-9-3-2-4-23-9/h2-4,6,8,10H,5,7,20H2,1H3,(H,21,22)/t8-,10+/m0/s1. The van der Waals surface area contributed by atoms with Gasteiger partial charge in [0.15, 0.2) is 5.58 Å². The normalized spacial score (nSPS) is 14.0. The predicted octanol–water partition coefficient (Wildman–Crippen LogP) is 4.57.